The number of azide groups is 1. The van der Waals surface area contributed by atoms with E-state index in [1.165, 1.54) is 4.68 Å². The number of aromatic nitrogens is 3. The smallest absolute Gasteiger partial charge is 0.303 e. The fourth-order valence-electron chi connectivity index (χ4n) is 13.9. The van der Waals surface area contributed by atoms with Crippen LogP contribution in [0.4, 0.5) is 0 Å². The van der Waals surface area contributed by atoms with E-state index in [0.717, 1.165) is 71.4 Å². The van der Waals surface area contributed by atoms with Gasteiger partial charge in [-0.2, -0.15) is 0 Å². The minimum Gasteiger partial charge on any atom is -0.491 e. The maximum atomic E-state index is 14.0. The van der Waals surface area contributed by atoms with Crippen LogP contribution in [-0.4, -0.2) is 355 Å². The molecule has 0 fully saturated rings. The van der Waals surface area contributed by atoms with Gasteiger partial charge in [0.25, 0.3) is 11.8 Å². The molecule has 0 atom stereocenters. The summed E-state index contributed by atoms with van der Waals surface area (Å²) in [5, 5.41) is 32.8. The average molecular weight is 1960 g/mol. The number of nitrogens with zero attached hydrogens (tertiary/aromatic N) is 6. The van der Waals surface area contributed by atoms with Crippen LogP contribution >= 0.6 is 0 Å². The number of carbonyl (C=O) groups excluding carboxylic acids is 2. The van der Waals surface area contributed by atoms with Gasteiger partial charge in [-0.05, 0) is 107 Å². The molecule has 0 bridgehead atoms. The molecule has 778 valence electrons. The monoisotopic (exact) mass is 1960 g/mol. The Morgan fingerprint density at radius 2 is 0.693 bits per heavy atom. The number of rotatable bonds is 80. The molecule has 140 heavy (non-hydrogen) atoms. The van der Waals surface area contributed by atoms with Crippen molar-refractivity contribution in [2.75, 3.05) is 317 Å². The molecular formula is C104H154N8O28. The lowest BCUT2D eigenvalue weighted by atomic mass is 9.75. The fourth-order valence-corrected chi connectivity index (χ4v) is 13.9. The lowest BCUT2D eigenvalue weighted by Crippen LogP contribution is -2.33. The molecule has 3 N–H and O–H groups in total. The summed E-state index contributed by atoms with van der Waals surface area (Å²) < 4.78 is 138. The number of benzene rings is 6. The van der Waals surface area contributed by atoms with Crippen LogP contribution in [0.25, 0.3) is 42.8 Å². The van der Waals surface area contributed by atoms with Crippen LogP contribution in [0.5, 0.6) is 11.5 Å². The van der Waals surface area contributed by atoms with Crippen molar-refractivity contribution >= 4 is 50.1 Å². The summed E-state index contributed by atoms with van der Waals surface area (Å²) in [7, 11) is 0. The van der Waals surface area contributed by atoms with Crippen molar-refractivity contribution in [1.29, 1.82) is 0 Å². The molecule has 36 heteroatoms. The first kappa shape index (κ1) is 118. The highest BCUT2D eigenvalue weighted by molar-refractivity contribution is 6.25. The lowest BCUT2D eigenvalue weighted by molar-refractivity contribution is -0.137. The van der Waals surface area contributed by atoms with E-state index in [9.17, 15) is 14.4 Å². The molecule has 1 aromatic heterocycles. The van der Waals surface area contributed by atoms with E-state index < -0.39 is 5.97 Å². The number of ether oxygens (including phenoxy) is 24. The zero-order valence-corrected chi connectivity index (χ0v) is 84.7. The van der Waals surface area contributed by atoms with Crippen molar-refractivity contribution in [2.24, 2.45) is 5.11 Å². The van der Waals surface area contributed by atoms with Crippen molar-refractivity contribution in [1.82, 2.24) is 25.6 Å². The van der Waals surface area contributed by atoms with Gasteiger partial charge in [0.05, 0.1) is 289 Å². The van der Waals surface area contributed by atoms with Gasteiger partial charge < -0.3 is 129 Å². The fraction of sp³-hybridized carbons (Fsp3) is 0.644. The van der Waals surface area contributed by atoms with Crippen LogP contribution in [0.1, 0.15) is 149 Å². The highest BCUT2D eigenvalue weighted by atomic mass is 16.6. The Hall–Kier alpha value is -8.94. The van der Waals surface area contributed by atoms with E-state index in [1.54, 1.807) is 6.20 Å². The van der Waals surface area contributed by atoms with E-state index in [2.05, 4.69) is 186 Å². The van der Waals surface area contributed by atoms with Crippen molar-refractivity contribution < 1.29 is 133 Å². The molecule has 0 unspecified atom stereocenters. The number of nitrogens with one attached hydrogen (secondary N) is 2. The molecular weight excluding hydrogens is 1810 g/mol. The van der Waals surface area contributed by atoms with Crippen molar-refractivity contribution in [3.05, 3.63) is 140 Å². The van der Waals surface area contributed by atoms with E-state index in [0.29, 0.717) is 333 Å². The third-order valence-corrected chi connectivity index (χ3v) is 20.9. The number of aliphatic carboxylic acids is 1. The Labute approximate surface area is 826 Å². The zero-order valence-electron chi connectivity index (χ0n) is 84.7. The number of carboxylic acid groups (broad SMARTS) is 1. The zero-order chi connectivity index (χ0) is 100. The van der Waals surface area contributed by atoms with Crippen LogP contribution in [0.15, 0.2) is 84.1 Å². The Bertz CT molecular complexity index is 4720. The van der Waals surface area contributed by atoms with Gasteiger partial charge in [0.1, 0.15) is 44.7 Å². The molecule has 0 aliphatic rings. The van der Waals surface area contributed by atoms with Crippen LogP contribution in [0, 0.1) is 23.7 Å². The Morgan fingerprint density at radius 1 is 0.379 bits per heavy atom. The summed E-state index contributed by atoms with van der Waals surface area (Å²) >= 11 is 0. The van der Waals surface area contributed by atoms with Crippen LogP contribution in [0.2, 0.25) is 0 Å². The molecule has 36 nitrogen and oxygen atoms in total. The largest absolute Gasteiger partial charge is 0.491 e. The predicted octanol–water partition coefficient (Wildman–Crippen LogP) is 12.0. The van der Waals surface area contributed by atoms with Crippen LogP contribution in [0.3, 0.4) is 0 Å². The van der Waals surface area contributed by atoms with Crippen LogP contribution < -0.4 is 20.1 Å². The third kappa shape index (κ3) is 48.9. The molecule has 1 heterocycles. The second-order valence-corrected chi connectivity index (χ2v) is 36.1. The molecule has 0 aliphatic heterocycles. The molecule has 2 amide bonds. The number of hydrogen-bond donors (Lipinski definition) is 3. The van der Waals surface area contributed by atoms with Crippen molar-refractivity contribution in [3.63, 3.8) is 0 Å². The minimum atomic E-state index is -0.879. The summed E-state index contributed by atoms with van der Waals surface area (Å²) in [6, 6.07) is 24.7. The average Bonchev–Trinajstić information content (AvgIpc) is 0.813. The number of hydrogen-bond acceptors (Lipinski definition) is 30. The first-order valence-corrected chi connectivity index (χ1v) is 48.5. The normalized spacial score (nSPS) is 11.9. The molecule has 0 aliphatic carbocycles. The number of carboxylic acids is 1. The maximum absolute atomic E-state index is 14.0. The summed E-state index contributed by atoms with van der Waals surface area (Å²) in [6.45, 7) is 44.4. The van der Waals surface area contributed by atoms with E-state index in [4.69, 9.17) is 124 Å². The third-order valence-electron chi connectivity index (χ3n) is 20.9. The number of aryl methyl sites for hydroxylation is 1. The van der Waals surface area contributed by atoms with Gasteiger partial charge in [-0.1, -0.05) is 153 Å². The van der Waals surface area contributed by atoms with Gasteiger partial charge in [-0.3, -0.25) is 14.4 Å². The molecule has 0 saturated heterocycles. The van der Waals surface area contributed by atoms with Gasteiger partial charge in [0.2, 0.25) is 0 Å². The summed E-state index contributed by atoms with van der Waals surface area (Å²) in [4.78, 5) is 41.0. The highest BCUT2D eigenvalue weighted by Gasteiger charge is 2.32. The predicted molar refractivity (Wildman–Crippen MR) is 530 cm³/mol. The summed E-state index contributed by atoms with van der Waals surface area (Å²) in [6.07, 6.45) is 1.99. The standard InChI is InChI=1S/C104H154N8O28/c1-101(2,3)90-77-87(139-73-71-136-67-65-133-61-59-130-55-53-128-52-51-127-50-49-126-44-39-121-34-29-108-110-105)78-91(102(4,5)6)97(90)100(116)107-28-33-120-38-43-125-48-46-123-41-36-118-31-14-16-82-18-20-84-21-24-88-81(17-19-83-22-25-89(82)96(84)95(83)88)15-13-30-117-35-40-122-45-47-124-42-37-119-32-27-106-99(115)85-75-92(103(7,8)9)98(93(76-85)104(10,11)12)140-74-72-137-68-66-134-62-60-131-56-54-129-57-58-132-63-64-135-69-70-138-80-112-79-86(109-111-112)23-26-94(113)114/h17-22,24-25,75-79H,23,26-74,80H2,1-12H3,(H,106,115)(H,107,116)(H,113,114). The Kier molecular flexibility index (Phi) is 58.9. The Morgan fingerprint density at radius 3 is 1.04 bits per heavy atom. The van der Waals surface area contributed by atoms with Crippen molar-refractivity contribution in [2.45, 2.75) is 124 Å². The molecule has 7 rings (SSSR count). The molecule has 0 spiro atoms. The SMILES string of the molecule is CC(C)(C)c1cc(C(=O)NCCOCCOCCOCCOCC#Cc2ccc3ccc4c(C#CCOCCOCCOCCOCCNC(=O)c5c(C(C)(C)C)cc(OCCOCCOCCOCCOCCOCCOCCOCCN=[N+]=[N-])cc5C(C)(C)C)ccc5ccc2c3c54)cc(C(C)(C)C)c1OCCOCCOCCOCCOCCOCCOCCOCn1cc(CCC(=O)O)nn1. The van der Waals surface area contributed by atoms with Gasteiger partial charge in [0, 0.05) is 64.3 Å². The Balaban J connectivity index is 0.656. The number of carbonyl (C=O) groups is 3. The molecule has 0 radical (unpaired) electrons. The summed E-state index contributed by atoms with van der Waals surface area (Å²) in [5.74, 6) is 13.3. The quantitative estimate of drug-likeness (QED) is 0.00796. The van der Waals surface area contributed by atoms with E-state index in [1.807, 2.05) is 24.3 Å². The second-order valence-electron chi connectivity index (χ2n) is 36.1. The van der Waals surface area contributed by atoms with E-state index >= 15 is 0 Å². The van der Waals surface area contributed by atoms with Crippen molar-refractivity contribution in [3.8, 4) is 35.2 Å². The van der Waals surface area contributed by atoms with Gasteiger partial charge >= 0.3 is 5.97 Å². The first-order chi connectivity index (χ1) is 67.8. The second kappa shape index (κ2) is 69.9. The van der Waals surface area contributed by atoms with Crippen LogP contribution in [-0.2, 0) is 144 Å². The van der Waals surface area contributed by atoms with E-state index in [-0.39, 0.29) is 59.8 Å². The summed E-state index contributed by atoms with van der Waals surface area (Å²) in [5.41, 5.74) is 14.2. The minimum absolute atomic E-state index is 0.00293. The van der Waals surface area contributed by atoms with Gasteiger partial charge in [-0.25, -0.2) is 4.68 Å². The molecule has 6 aromatic carbocycles. The highest BCUT2D eigenvalue weighted by Crippen LogP contribution is 2.42. The lowest BCUT2D eigenvalue weighted by Gasteiger charge is -2.30. The molecule has 0 saturated carbocycles. The first-order valence-electron chi connectivity index (χ1n) is 48.5. The maximum Gasteiger partial charge on any atom is 0.303 e. The topological polar surface area (TPSA) is 396 Å². The molecule has 7 aromatic rings. The van der Waals surface area contributed by atoms with Gasteiger partial charge in [-0.15, -0.1) is 5.10 Å². The van der Waals surface area contributed by atoms with Gasteiger partial charge in [0.15, 0.2) is 0 Å². The number of amides is 2.